The highest BCUT2D eigenvalue weighted by molar-refractivity contribution is 5.44. The third-order valence-electron chi connectivity index (χ3n) is 5.60. The van der Waals surface area contributed by atoms with E-state index in [2.05, 4.69) is 38.1 Å². The highest BCUT2D eigenvalue weighted by atomic mass is 16.5. The second kappa shape index (κ2) is 10.3. The van der Waals surface area contributed by atoms with Crippen LogP contribution in [0.25, 0.3) is 0 Å². The van der Waals surface area contributed by atoms with Crippen LogP contribution in [0.3, 0.4) is 0 Å². The SMILES string of the molecule is CC(C)(c1ccc(Oc2ccc(OC#N)cc2)cc1)c1ccc(Oc2ccc(OC#N)cc2)cc1. The van der Waals surface area contributed by atoms with Gasteiger partial charge in [-0.25, -0.2) is 0 Å². The Labute approximate surface area is 204 Å². The summed E-state index contributed by atoms with van der Waals surface area (Å²) < 4.78 is 21.4. The number of rotatable bonds is 8. The quantitative estimate of drug-likeness (QED) is 0.255. The molecule has 0 bridgehead atoms. The molecule has 0 saturated carbocycles. The molecule has 4 aromatic carbocycles. The van der Waals surface area contributed by atoms with Gasteiger partial charge in [-0.1, -0.05) is 38.1 Å². The van der Waals surface area contributed by atoms with Crippen LogP contribution >= 0.6 is 0 Å². The molecule has 0 heterocycles. The van der Waals surface area contributed by atoms with Crippen LogP contribution in [-0.2, 0) is 5.41 Å². The Balaban J connectivity index is 1.42. The molecule has 0 atom stereocenters. The number of hydrogen-bond donors (Lipinski definition) is 0. The largest absolute Gasteiger partial charge is 0.457 e. The van der Waals surface area contributed by atoms with Crippen LogP contribution in [0.4, 0.5) is 0 Å². The fourth-order valence-corrected chi connectivity index (χ4v) is 3.57. The van der Waals surface area contributed by atoms with Crippen molar-refractivity contribution >= 4 is 0 Å². The van der Waals surface area contributed by atoms with Gasteiger partial charge in [0.25, 0.3) is 12.5 Å². The van der Waals surface area contributed by atoms with Gasteiger partial charge in [-0.15, -0.1) is 10.5 Å². The highest BCUT2D eigenvalue weighted by Gasteiger charge is 2.23. The van der Waals surface area contributed by atoms with E-state index in [4.69, 9.17) is 29.5 Å². The molecule has 0 fully saturated rings. The van der Waals surface area contributed by atoms with E-state index in [1.807, 2.05) is 24.3 Å². The second-order valence-electron chi connectivity index (χ2n) is 8.21. The van der Waals surface area contributed by atoms with Crippen LogP contribution in [0.5, 0.6) is 34.5 Å². The fourth-order valence-electron chi connectivity index (χ4n) is 3.57. The van der Waals surface area contributed by atoms with Crippen LogP contribution in [0, 0.1) is 23.0 Å². The summed E-state index contributed by atoms with van der Waals surface area (Å²) in [5.74, 6) is 3.69. The van der Waals surface area contributed by atoms with Crippen molar-refractivity contribution in [2.24, 2.45) is 0 Å². The van der Waals surface area contributed by atoms with Gasteiger partial charge in [0, 0.05) is 5.41 Å². The third-order valence-corrected chi connectivity index (χ3v) is 5.60. The molecule has 0 amide bonds. The summed E-state index contributed by atoms with van der Waals surface area (Å²) in [5.41, 5.74) is 2.05. The molecule has 0 radical (unpaired) electrons. The van der Waals surface area contributed by atoms with Gasteiger partial charge < -0.3 is 18.9 Å². The van der Waals surface area contributed by atoms with Gasteiger partial charge in [0.15, 0.2) is 0 Å². The van der Waals surface area contributed by atoms with Gasteiger partial charge in [0.2, 0.25) is 0 Å². The molecule has 6 nitrogen and oxygen atoms in total. The standard InChI is InChI=1S/C29H22N2O4/c1-29(2,21-3-7-25(8-4-21)34-27-15-11-23(12-16-27)32-19-30)22-5-9-26(10-6-22)35-28-17-13-24(14-18-28)33-20-31/h3-18H,1-2H3. The van der Waals surface area contributed by atoms with Crippen molar-refractivity contribution in [1.29, 1.82) is 10.5 Å². The summed E-state index contributed by atoms with van der Waals surface area (Å²) in [6, 6.07) is 29.7. The van der Waals surface area contributed by atoms with Gasteiger partial charge in [-0.2, -0.15) is 0 Å². The summed E-state index contributed by atoms with van der Waals surface area (Å²) in [6.07, 6.45) is 3.29. The summed E-state index contributed by atoms with van der Waals surface area (Å²) in [6.45, 7) is 4.33. The van der Waals surface area contributed by atoms with Gasteiger partial charge in [0.1, 0.15) is 34.5 Å². The van der Waals surface area contributed by atoms with E-state index >= 15 is 0 Å². The molecule has 0 aliphatic heterocycles. The molecule has 35 heavy (non-hydrogen) atoms. The van der Waals surface area contributed by atoms with Gasteiger partial charge >= 0.3 is 0 Å². The maximum Gasteiger partial charge on any atom is 0.292 e. The van der Waals surface area contributed by atoms with Crippen LogP contribution in [0.15, 0.2) is 97.1 Å². The molecule has 0 unspecified atom stereocenters. The zero-order valence-corrected chi connectivity index (χ0v) is 19.3. The Kier molecular flexibility index (Phi) is 6.86. The Morgan fingerprint density at radius 2 is 0.714 bits per heavy atom. The van der Waals surface area contributed by atoms with Crippen molar-refractivity contribution in [3.63, 3.8) is 0 Å². The average Bonchev–Trinajstić information content (AvgIpc) is 2.87. The van der Waals surface area contributed by atoms with Gasteiger partial charge in [-0.05, 0) is 83.9 Å². The lowest BCUT2D eigenvalue weighted by molar-refractivity contribution is 0.475. The number of benzene rings is 4. The van der Waals surface area contributed by atoms with E-state index in [0.29, 0.717) is 34.5 Å². The molecule has 6 heteroatoms. The average molecular weight is 463 g/mol. The van der Waals surface area contributed by atoms with E-state index < -0.39 is 0 Å². The van der Waals surface area contributed by atoms with E-state index in [0.717, 1.165) is 11.1 Å². The smallest absolute Gasteiger partial charge is 0.292 e. The normalized spacial score (nSPS) is 10.5. The summed E-state index contributed by atoms with van der Waals surface area (Å²) in [4.78, 5) is 0. The van der Waals surface area contributed by atoms with Crippen LogP contribution in [0.1, 0.15) is 25.0 Å². The second-order valence-corrected chi connectivity index (χ2v) is 8.21. The molecule has 172 valence electrons. The Hall–Kier alpha value is -4.94. The van der Waals surface area contributed by atoms with Crippen molar-refractivity contribution in [2.45, 2.75) is 19.3 Å². The van der Waals surface area contributed by atoms with Crippen LogP contribution < -0.4 is 18.9 Å². The molecular formula is C29H22N2O4. The monoisotopic (exact) mass is 462 g/mol. The lowest BCUT2D eigenvalue weighted by atomic mass is 9.78. The van der Waals surface area contributed by atoms with E-state index in [9.17, 15) is 0 Å². The Bertz CT molecular complexity index is 1240. The van der Waals surface area contributed by atoms with E-state index in [1.54, 1.807) is 61.0 Å². The summed E-state index contributed by atoms with van der Waals surface area (Å²) >= 11 is 0. The minimum atomic E-state index is -0.233. The predicted molar refractivity (Wildman–Crippen MR) is 131 cm³/mol. The van der Waals surface area contributed by atoms with Crippen LogP contribution in [0.2, 0.25) is 0 Å². The lowest BCUT2D eigenvalue weighted by Crippen LogP contribution is -2.18. The molecular weight excluding hydrogens is 440 g/mol. The molecule has 0 aliphatic rings. The molecule has 0 spiro atoms. The van der Waals surface area contributed by atoms with Crippen molar-refractivity contribution in [3.05, 3.63) is 108 Å². The molecule has 0 aliphatic carbocycles. The third kappa shape index (κ3) is 5.71. The summed E-state index contributed by atoms with van der Waals surface area (Å²) in [7, 11) is 0. The minimum Gasteiger partial charge on any atom is -0.457 e. The molecule has 4 aromatic rings. The van der Waals surface area contributed by atoms with Gasteiger partial charge in [-0.3, -0.25) is 0 Å². The molecule has 0 N–H and O–H groups in total. The first-order chi connectivity index (χ1) is 17.0. The number of hydrogen-bond acceptors (Lipinski definition) is 6. The molecule has 0 aromatic heterocycles. The van der Waals surface area contributed by atoms with Crippen molar-refractivity contribution in [2.75, 3.05) is 0 Å². The molecule has 0 saturated heterocycles. The minimum absolute atomic E-state index is 0.233. The summed E-state index contributed by atoms with van der Waals surface area (Å²) in [5, 5.41) is 17.1. The maximum absolute atomic E-state index is 8.57. The Morgan fingerprint density at radius 3 is 1.00 bits per heavy atom. The van der Waals surface area contributed by atoms with E-state index in [1.165, 1.54) is 0 Å². The zero-order chi connectivity index (χ0) is 24.7. The van der Waals surface area contributed by atoms with Crippen LogP contribution in [-0.4, -0.2) is 0 Å². The topological polar surface area (TPSA) is 84.5 Å². The van der Waals surface area contributed by atoms with Crippen molar-refractivity contribution in [1.82, 2.24) is 0 Å². The highest BCUT2D eigenvalue weighted by Crippen LogP contribution is 2.35. The number of ether oxygens (including phenoxy) is 4. The first kappa shape index (κ1) is 23.2. The maximum atomic E-state index is 8.57. The first-order valence-corrected chi connectivity index (χ1v) is 10.9. The molecule has 4 rings (SSSR count). The van der Waals surface area contributed by atoms with Gasteiger partial charge in [0.05, 0.1) is 0 Å². The lowest BCUT2D eigenvalue weighted by Gasteiger charge is -2.26. The Morgan fingerprint density at radius 1 is 0.457 bits per heavy atom. The van der Waals surface area contributed by atoms with Crippen molar-refractivity contribution in [3.8, 4) is 47.0 Å². The zero-order valence-electron chi connectivity index (χ0n) is 19.3. The van der Waals surface area contributed by atoms with E-state index in [-0.39, 0.29) is 5.41 Å². The predicted octanol–water partition coefficient (Wildman–Crippen LogP) is 7.32. The van der Waals surface area contributed by atoms with Crippen molar-refractivity contribution < 1.29 is 18.9 Å². The number of nitrogens with zero attached hydrogens (tertiary/aromatic N) is 2. The fraction of sp³-hybridized carbons (Fsp3) is 0.103. The first-order valence-electron chi connectivity index (χ1n) is 10.9. The number of nitriles is 2.